The number of thiophene rings is 1. The summed E-state index contributed by atoms with van der Waals surface area (Å²) < 4.78 is 12.3. The number of nitrogens with one attached hydrogen (secondary N) is 1. The highest BCUT2D eigenvalue weighted by molar-refractivity contribution is 7.15. The molecule has 0 saturated carbocycles. The van der Waals surface area contributed by atoms with E-state index in [-0.39, 0.29) is 11.7 Å². The number of rotatable bonds is 7. The summed E-state index contributed by atoms with van der Waals surface area (Å²) in [5.74, 6) is 0.116. The Morgan fingerprint density at radius 3 is 2.81 bits per heavy atom. The van der Waals surface area contributed by atoms with Crippen LogP contribution < -0.4 is 5.32 Å². The first kappa shape index (κ1) is 21.6. The molecule has 1 aromatic carbocycles. The highest BCUT2D eigenvalue weighted by atomic mass is 35.5. The van der Waals surface area contributed by atoms with Gasteiger partial charge in [-0.05, 0) is 18.6 Å². The van der Waals surface area contributed by atoms with Gasteiger partial charge in [0, 0.05) is 41.8 Å². The van der Waals surface area contributed by atoms with Crippen LogP contribution in [0, 0.1) is 0 Å². The molecule has 3 aromatic rings. The molecule has 1 N–H and O–H groups in total. The number of ether oxygens (including phenoxy) is 2. The third-order valence-electron chi connectivity index (χ3n) is 4.81. The van der Waals surface area contributed by atoms with Crippen LogP contribution in [0.2, 0.25) is 5.02 Å². The number of hydrogen-bond donors (Lipinski definition) is 1. The summed E-state index contributed by atoms with van der Waals surface area (Å²) in [5, 5.41) is 8.67. The van der Waals surface area contributed by atoms with Crippen LogP contribution in [0.3, 0.4) is 0 Å². The minimum Gasteiger partial charge on any atom is -0.383 e. The average molecular weight is 460 g/mol. The van der Waals surface area contributed by atoms with Crippen LogP contribution in [0.25, 0.3) is 5.00 Å². The molecule has 10 heteroatoms. The third kappa shape index (κ3) is 4.14. The Bertz CT molecular complexity index is 1140. The topological polar surface area (TPSA) is 90.6 Å². The number of amides is 1. The molecule has 0 aliphatic carbocycles. The first-order valence-electron chi connectivity index (χ1n) is 9.80. The van der Waals surface area contributed by atoms with Gasteiger partial charge in [0.1, 0.15) is 5.00 Å². The Balaban J connectivity index is 1.85. The minimum absolute atomic E-state index is 0.0574. The van der Waals surface area contributed by atoms with E-state index in [0.29, 0.717) is 29.7 Å². The van der Waals surface area contributed by atoms with Crippen molar-refractivity contribution in [3.8, 4) is 5.00 Å². The maximum absolute atomic E-state index is 12.5. The lowest BCUT2D eigenvalue weighted by Gasteiger charge is -2.10. The molecule has 1 atom stereocenters. The molecule has 3 heterocycles. The fraction of sp³-hybridized carbons (Fsp3) is 0.333. The van der Waals surface area contributed by atoms with Gasteiger partial charge in [0.2, 0.25) is 12.1 Å². The van der Waals surface area contributed by atoms with Crippen LogP contribution in [0.5, 0.6) is 0 Å². The van der Waals surface area contributed by atoms with Gasteiger partial charge in [-0.25, -0.2) is 14.7 Å². The van der Waals surface area contributed by atoms with Crippen molar-refractivity contribution in [1.29, 1.82) is 0 Å². The molecule has 8 nitrogen and oxygen atoms in total. The van der Waals surface area contributed by atoms with E-state index in [1.807, 2.05) is 24.3 Å². The zero-order valence-corrected chi connectivity index (χ0v) is 19.0. The van der Waals surface area contributed by atoms with Crippen molar-refractivity contribution in [3.05, 3.63) is 63.0 Å². The number of nitrogens with zero attached hydrogens (tertiary/aromatic N) is 4. The number of fused-ring (bicyclic) bond motifs is 3. The Hall–Kier alpha value is -2.59. The largest absolute Gasteiger partial charge is 0.383 e. The van der Waals surface area contributed by atoms with Crippen LogP contribution in [0.15, 0.2) is 35.3 Å². The van der Waals surface area contributed by atoms with Crippen molar-refractivity contribution in [2.75, 3.05) is 27.4 Å². The standard InChI is InChI=1S/C21H22ClN5O3S/c1-4-12-11-14-16(13-7-5-6-8-15(13)22)24-20(30-3)18-25-17(19(28)23-9-10-29-2)26-27(18)21(14)31-12/h5-8,11,20H,4,9-10H2,1-3H3,(H,23,28). The number of methoxy groups -OCH3 is 2. The van der Waals surface area contributed by atoms with Crippen molar-refractivity contribution < 1.29 is 14.3 Å². The fourth-order valence-electron chi connectivity index (χ4n) is 3.28. The summed E-state index contributed by atoms with van der Waals surface area (Å²) in [6.07, 6.45) is 0.110. The lowest BCUT2D eigenvalue weighted by Crippen LogP contribution is -2.28. The Morgan fingerprint density at radius 2 is 2.10 bits per heavy atom. The van der Waals surface area contributed by atoms with Crippen LogP contribution in [0.1, 0.15) is 45.6 Å². The summed E-state index contributed by atoms with van der Waals surface area (Å²) in [4.78, 5) is 23.0. The molecule has 0 saturated heterocycles. The van der Waals surface area contributed by atoms with Crippen molar-refractivity contribution >= 4 is 34.6 Å². The fourth-order valence-corrected chi connectivity index (χ4v) is 4.56. The summed E-state index contributed by atoms with van der Waals surface area (Å²) in [6, 6.07) is 9.64. The van der Waals surface area contributed by atoms with Crippen LogP contribution in [-0.2, 0) is 15.9 Å². The van der Waals surface area contributed by atoms with Gasteiger partial charge < -0.3 is 14.8 Å². The van der Waals surface area contributed by atoms with E-state index in [0.717, 1.165) is 27.4 Å². The third-order valence-corrected chi connectivity index (χ3v) is 6.39. The predicted octanol–water partition coefficient (Wildman–Crippen LogP) is 3.42. The molecule has 0 radical (unpaired) electrons. The number of carbonyl (C=O) groups is 1. The SMILES string of the molecule is CCc1cc2c(s1)-n1nc(C(=O)NCCOC)nc1C(OC)N=C2c1ccccc1Cl. The van der Waals surface area contributed by atoms with E-state index in [2.05, 4.69) is 28.4 Å². The molecule has 31 heavy (non-hydrogen) atoms. The van der Waals surface area contributed by atoms with Crippen LogP contribution in [0.4, 0.5) is 0 Å². The second-order valence-electron chi connectivity index (χ2n) is 6.78. The number of aromatic nitrogens is 3. The molecule has 1 aliphatic heterocycles. The highest BCUT2D eigenvalue weighted by Gasteiger charge is 2.31. The monoisotopic (exact) mass is 459 g/mol. The number of benzene rings is 1. The summed E-state index contributed by atoms with van der Waals surface area (Å²) in [7, 11) is 3.12. The Labute approximate surface area is 188 Å². The quantitative estimate of drug-likeness (QED) is 0.547. The molecule has 0 bridgehead atoms. The van der Waals surface area contributed by atoms with Gasteiger partial charge in [0.05, 0.1) is 12.3 Å². The number of aliphatic imine (C=N–C) groups is 1. The van der Waals surface area contributed by atoms with E-state index < -0.39 is 6.23 Å². The van der Waals surface area contributed by atoms with E-state index in [1.165, 1.54) is 0 Å². The molecule has 1 amide bonds. The predicted molar refractivity (Wildman–Crippen MR) is 120 cm³/mol. The van der Waals surface area contributed by atoms with Crippen molar-refractivity contribution in [2.45, 2.75) is 19.6 Å². The number of carbonyl (C=O) groups excluding carboxylic acids is 1. The molecule has 162 valence electrons. The Morgan fingerprint density at radius 1 is 1.29 bits per heavy atom. The lowest BCUT2D eigenvalue weighted by atomic mass is 10.0. The first-order chi connectivity index (χ1) is 15.1. The van der Waals surface area contributed by atoms with Gasteiger partial charge in [-0.2, -0.15) is 0 Å². The summed E-state index contributed by atoms with van der Waals surface area (Å²) in [6.45, 7) is 2.86. The number of hydrogen-bond acceptors (Lipinski definition) is 7. The summed E-state index contributed by atoms with van der Waals surface area (Å²) >= 11 is 8.09. The van der Waals surface area contributed by atoms with Crippen molar-refractivity contribution in [1.82, 2.24) is 20.1 Å². The highest BCUT2D eigenvalue weighted by Crippen LogP contribution is 2.36. The van der Waals surface area contributed by atoms with Gasteiger partial charge in [-0.1, -0.05) is 36.7 Å². The molecule has 4 rings (SSSR count). The van der Waals surface area contributed by atoms with E-state index in [1.54, 1.807) is 30.2 Å². The smallest absolute Gasteiger partial charge is 0.291 e. The second-order valence-corrected chi connectivity index (χ2v) is 8.31. The van der Waals surface area contributed by atoms with Crippen molar-refractivity contribution in [2.24, 2.45) is 4.99 Å². The zero-order valence-electron chi connectivity index (χ0n) is 17.4. The van der Waals surface area contributed by atoms with Gasteiger partial charge in [-0.3, -0.25) is 4.79 Å². The maximum Gasteiger partial charge on any atom is 0.291 e. The molecule has 2 aromatic heterocycles. The molecular weight excluding hydrogens is 438 g/mol. The number of halogens is 1. The molecule has 1 aliphatic rings. The normalized spacial score (nSPS) is 15.1. The Kier molecular flexibility index (Phi) is 6.47. The molecule has 0 spiro atoms. The second kappa shape index (κ2) is 9.27. The van der Waals surface area contributed by atoms with Gasteiger partial charge in [-0.15, -0.1) is 16.4 Å². The maximum atomic E-state index is 12.5. The van der Waals surface area contributed by atoms with E-state index in [9.17, 15) is 4.79 Å². The zero-order chi connectivity index (χ0) is 22.0. The van der Waals surface area contributed by atoms with Gasteiger partial charge in [0.15, 0.2) is 5.82 Å². The molecular formula is C21H22ClN5O3S. The van der Waals surface area contributed by atoms with Gasteiger partial charge >= 0.3 is 0 Å². The van der Waals surface area contributed by atoms with Crippen molar-refractivity contribution in [3.63, 3.8) is 0 Å². The number of aryl methyl sites for hydroxylation is 1. The molecule has 0 fully saturated rings. The first-order valence-corrected chi connectivity index (χ1v) is 11.0. The molecule has 1 unspecified atom stereocenters. The minimum atomic E-state index is -0.746. The van der Waals surface area contributed by atoms with E-state index >= 15 is 0 Å². The van der Waals surface area contributed by atoms with E-state index in [4.69, 9.17) is 26.1 Å². The van der Waals surface area contributed by atoms with Gasteiger partial charge in [0.25, 0.3) is 5.91 Å². The lowest BCUT2D eigenvalue weighted by molar-refractivity contribution is 0.0924. The van der Waals surface area contributed by atoms with Crippen LogP contribution in [-0.4, -0.2) is 53.8 Å². The summed E-state index contributed by atoms with van der Waals surface area (Å²) in [5.41, 5.74) is 2.39. The average Bonchev–Trinajstić information content (AvgIpc) is 3.38. The van der Waals surface area contributed by atoms with Crippen LogP contribution >= 0.6 is 22.9 Å².